The predicted molar refractivity (Wildman–Crippen MR) is 84.8 cm³/mol. The molecule has 0 atom stereocenters. The van der Waals surface area contributed by atoms with Gasteiger partial charge in [-0.05, 0) is 30.3 Å². The van der Waals surface area contributed by atoms with Gasteiger partial charge < -0.3 is 19.9 Å². The van der Waals surface area contributed by atoms with E-state index < -0.39 is 0 Å². The molecule has 0 spiro atoms. The minimum absolute atomic E-state index is 0.0832. The molecule has 0 unspecified atom stereocenters. The second-order valence-electron chi connectivity index (χ2n) is 4.15. The summed E-state index contributed by atoms with van der Waals surface area (Å²) >= 11 is 3.35. The molecule has 0 bridgehead atoms. The van der Waals surface area contributed by atoms with Crippen LogP contribution >= 0.6 is 15.9 Å². The molecular formula is C15H15BrN2O3. The number of amidine groups is 1. The van der Waals surface area contributed by atoms with Crippen LogP contribution in [0.15, 0.2) is 40.9 Å². The summed E-state index contributed by atoms with van der Waals surface area (Å²) in [5.74, 6) is 1.87. The smallest absolute Gasteiger partial charge is 0.211 e. The van der Waals surface area contributed by atoms with Crippen molar-refractivity contribution in [2.24, 2.45) is 5.73 Å². The van der Waals surface area contributed by atoms with Crippen molar-refractivity contribution < 1.29 is 14.2 Å². The Balaban J connectivity index is 2.50. The quantitative estimate of drug-likeness (QED) is 0.638. The zero-order chi connectivity index (χ0) is 15.4. The first-order chi connectivity index (χ1) is 10.1. The molecule has 0 aliphatic carbocycles. The van der Waals surface area contributed by atoms with Crippen LogP contribution in [0.25, 0.3) is 0 Å². The van der Waals surface area contributed by atoms with Crippen LogP contribution in [0.4, 0.5) is 0 Å². The van der Waals surface area contributed by atoms with Crippen molar-refractivity contribution in [1.82, 2.24) is 0 Å². The molecule has 2 rings (SSSR count). The van der Waals surface area contributed by atoms with Crippen LogP contribution in [0.5, 0.6) is 23.0 Å². The molecule has 0 amide bonds. The van der Waals surface area contributed by atoms with E-state index in [-0.39, 0.29) is 5.84 Å². The molecule has 0 saturated carbocycles. The lowest BCUT2D eigenvalue weighted by Gasteiger charge is -2.16. The van der Waals surface area contributed by atoms with Crippen LogP contribution in [0, 0.1) is 5.41 Å². The van der Waals surface area contributed by atoms with Gasteiger partial charge in [0.05, 0.1) is 19.8 Å². The maximum atomic E-state index is 7.65. The third-order valence-corrected chi connectivity index (χ3v) is 3.32. The van der Waals surface area contributed by atoms with E-state index in [1.807, 2.05) is 6.07 Å². The first-order valence-corrected chi connectivity index (χ1v) is 6.89. The predicted octanol–water partition coefficient (Wildman–Crippen LogP) is 3.54. The van der Waals surface area contributed by atoms with Gasteiger partial charge >= 0.3 is 0 Å². The molecular weight excluding hydrogens is 336 g/mol. The van der Waals surface area contributed by atoms with Gasteiger partial charge in [-0.15, -0.1) is 0 Å². The second-order valence-corrected chi connectivity index (χ2v) is 5.06. The van der Waals surface area contributed by atoms with Crippen molar-refractivity contribution in [2.75, 3.05) is 14.2 Å². The number of nitrogen functional groups attached to an aromatic ring is 1. The molecule has 0 fully saturated rings. The molecule has 2 aromatic carbocycles. The molecule has 0 aliphatic heterocycles. The number of hydrogen-bond acceptors (Lipinski definition) is 4. The zero-order valence-corrected chi connectivity index (χ0v) is 13.2. The van der Waals surface area contributed by atoms with Crippen LogP contribution in [0.1, 0.15) is 5.56 Å². The molecule has 0 radical (unpaired) electrons. The lowest BCUT2D eigenvalue weighted by molar-refractivity contribution is 0.346. The standard InChI is InChI=1S/C15H15BrN2O3/c1-19-12-4-3-5-13(20-2)14(12)21-11-7-6-9(16)8-10(11)15(17)18/h3-8H,1-2H3,(H3,17,18). The molecule has 6 heteroatoms. The molecule has 0 aromatic heterocycles. The largest absolute Gasteiger partial charge is 0.493 e. The highest BCUT2D eigenvalue weighted by molar-refractivity contribution is 9.10. The monoisotopic (exact) mass is 350 g/mol. The summed E-state index contributed by atoms with van der Waals surface area (Å²) in [5.41, 5.74) is 6.08. The molecule has 3 N–H and O–H groups in total. The summed E-state index contributed by atoms with van der Waals surface area (Å²) in [4.78, 5) is 0. The lowest BCUT2D eigenvalue weighted by Crippen LogP contribution is -2.12. The Morgan fingerprint density at radius 2 is 1.67 bits per heavy atom. The van der Waals surface area contributed by atoms with Gasteiger partial charge in [-0.25, -0.2) is 0 Å². The number of hydrogen-bond donors (Lipinski definition) is 2. The van der Waals surface area contributed by atoms with E-state index in [2.05, 4.69) is 15.9 Å². The third-order valence-electron chi connectivity index (χ3n) is 2.83. The first kappa shape index (κ1) is 15.2. The number of ether oxygens (including phenoxy) is 3. The number of nitrogens with one attached hydrogen (secondary N) is 1. The average Bonchev–Trinajstić information content (AvgIpc) is 2.48. The van der Waals surface area contributed by atoms with E-state index in [1.54, 1.807) is 44.6 Å². The number of nitrogens with two attached hydrogens (primary N) is 1. The normalized spacial score (nSPS) is 10.0. The number of benzene rings is 2. The fourth-order valence-corrected chi connectivity index (χ4v) is 2.19. The van der Waals surface area contributed by atoms with Gasteiger partial charge in [0.25, 0.3) is 0 Å². The highest BCUT2D eigenvalue weighted by Gasteiger charge is 2.15. The van der Waals surface area contributed by atoms with E-state index >= 15 is 0 Å². The number of methoxy groups -OCH3 is 2. The van der Waals surface area contributed by atoms with Crippen molar-refractivity contribution >= 4 is 21.8 Å². The van der Waals surface area contributed by atoms with Gasteiger partial charge in [-0.3, -0.25) is 5.41 Å². The Morgan fingerprint density at radius 1 is 1.05 bits per heavy atom. The van der Waals surface area contributed by atoms with Crippen molar-refractivity contribution in [2.45, 2.75) is 0 Å². The van der Waals surface area contributed by atoms with Gasteiger partial charge in [0.2, 0.25) is 5.75 Å². The van der Waals surface area contributed by atoms with Crippen LogP contribution < -0.4 is 19.9 Å². The Bertz CT molecular complexity index is 652. The van der Waals surface area contributed by atoms with Crippen LogP contribution in [-0.4, -0.2) is 20.1 Å². The maximum absolute atomic E-state index is 7.65. The van der Waals surface area contributed by atoms with E-state index in [1.165, 1.54) is 0 Å². The molecule has 0 aliphatic rings. The lowest BCUT2D eigenvalue weighted by atomic mass is 10.2. The molecule has 0 saturated heterocycles. The molecule has 0 heterocycles. The molecule has 110 valence electrons. The highest BCUT2D eigenvalue weighted by Crippen LogP contribution is 2.41. The summed E-state index contributed by atoms with van der Waals surface area (Å²) in [6.07, 6.45) is 0. The van der Waals surface area contributed by atoms with E-state index in [0.717, 1.165) is 4.47 Å². The van der Waals surface area contributed by atoms with Gasteiger partial charge in [0.1, 0.15) is 11.6 Å². The van der Waals surface area contributed by atoms with Crippen LogP contribution in [0.2, 0.25) is 0 Å². The molecule has 2 aromatic rings. The fourth-order valence-electron chi connectivity index (χ4n) is 1.83. The third kappa shape index (κ3) is 3.28. The number of halogens is 1. The minimum Gasteiger partial charge on any atom is -0.493 e. The van der Waals surface area contributed by atoms with Crippen molar-refractivity contribution in [3.63, 3.8) is 0 Å². The molecule has 5 nitrogen and oxygen atoms in total. The topological polar surface area (TPSA) is 77.6 Å². The van der Waals surface area contributed by atoms with Gasteiger partial charge in [-0.2, -0.15) is 0 Å². The maximum Gasteiger partial charge on any atom is 0.211 e. The SMILES string of the molecule is COc1cccc(OC)c1Oc1ccc(Br)cc1C(=N)N. The Hall–Kier alpha value is -2.21. The minimum atomic E-state index is -0.0832. The van der Waals surface area contributed by atoms with Crippen molar-refractivity contribution in [1.29, 1.82) is 5.41 Å². The first-order valence-electron chi connectivity index (χ1n) is 6.09. The van der Waals surface area contributed by atoms with Gasteiger partial charge in [0.15, 0.2) is 11.5 Å². The summed E-state index contributed by atoms with van der Waals surface area (Å²) in [5, 5.41) is 7.65. The van der Waals surface area contributed by atoms with E-state index in [9.17, 15) is 0 Å². The van der Waals surface area contributed by atoms with Gasteiger partial charge in [0, 0.05) is 4.47 Å². The molecule has 21 heavy (non-hydrogen) atoms. The number of para-hydroxylation sites is 1. The summed E-state index contributed by atoms with van der Waals surface area (Å²) < 4.78 is 17.3. The summed E-state index contributed by atoms with van der Waals surface area (Å²) in [6, 6.07) is 10.6. The second kappa shape index (κ2) is 6.49. The summed E-state index contributed by atoms with van der Waals surface area (Å²) in [7, 11) is 3.10. The van der Waals surface area contributed by atoms with Crippen molar-refractivity contribution in [3.05, 3.63) is 46.4 Å². The van der Waals surface area contributed by atoms with Crippen LogP contribution in [-0.2, 0) is 0 Å². The Morgan fingerprint density at radius 3 is 2.19 bits per heavy atom. The van der Waals surface area contributed by atoms with E-state index in [0.29, 0.717) is 28.6 Å². The van der Waals surface area contributed by atoms with Crippen LogP contribution in [0.3, 0.4) is 0 Å². The number of rotatable bonds is 5. The average molecular weight is 351 g/mol. The van der Waals surface area contributed by atoms with Crippen molar-refractivity contribution in [3.8, 4) is 23.0 Å². The van der Waals surface area contributed by atoms with E-state index in [4.69, 9.17) is 25.4 Å². The fraction of sp³-hybridized carbons (Fsp3) is 0.133. The Labute approximate surface area is 131 Å². The Kier molecular flexibility index (Phi) is 4.70. The van der Waals surface area contributed by atoms with Gasteiger partial charge in [-0.1, -0.05) is 22.0 Å². The summed E-state index contributed by atoms with van der Waals surface area (Å²) in [6.45, 7) is 0. The zero-order valence-electron chi connectivity index (χ0n) is 11.6. The highest BCUT2D eigenvalue weighted by atomic mass is 79.9.